The molecule has 88 valence electrons. The van der Waals surface area contributed by atoms with Crippen LogP contribution in [0.15, 0.2) is 24.3 Å². The molecule has 0 radical (unpaired) electrons. The Labute approximate surface area is 96.8 Å². The molecule has 1 aliphatic heterocycles. The first kappa shape index (κ1) is 11.3. The Morgan fingerprint density at radius 3 is 2.31 bits per heavy atom. The third-order valence-electron chi connectivity index (χ3n) is 2.55. The van der Waals surface area contributed by atoms with Crippen LogP contribution in [0.5, 0.6) is 11.5 Å². The SMILES string of the molecule is CC(C)Oc1ccc(OCC2CNC2)cc1. The van der Waals surface area contributed by atoms with Gasteiger partial charge >= 0.3 is 0 Å². The average Bonchev–Trinajstić information content (AvgIpc) is 2.17. The van der Waals surface area contributed by atoms with Crippen LogP contribution in [-0.4, -0.2) is 25.8 Å². The molecule has 0 amide bonds. The molecule has 1 aromatic carbocycles. The largest absolute Gasteiger partial charge is 0.493 e. The fourth-order valence-electron chi connectivity index (χ4n) is 1.57. The lowest BCUT2D eigenvalue weighted by molar-refractivity contribution is 0.198. The molecule has 0 atom stereocenters. The Morgan fingerprint density at radius 1 is 1.19 bits per heavy atom. The zero-order chi connectivity index (χ0) is 11.4. The van der Waals surface area contributed by atoms with Gasteiger partial charge < -0.3 is 14.8 Å². The van der Waals surface area contributed by atoms with Crippen molar-refractivity contribution < 1.29 is 9.47 Å². The summed E-state index contributed by atoms with van der Waals surface area (Å²) >= 11 is 0. The molecule has 1 heterocycles. The van der Waals surface area contributed by atoms with Crippen molar-refractivity contribution in [2.45, 2.75) is 20.0 Å². The molecule has 0 saturated carbocycles. The summed E-state index contributed by atoms with van der Waals surface area (Å²) in [5.41, 5.74) is 0. The number of hydrogen-bond donors (Lipinski definition) is 1. The quantitative estimate of drug-likeness (QED) is 0.825. The molecule has 0 bridgehead atoms. The van der Waals surface area contributed by atoms with Gasteiger partial charge in [-0.1, -0.05) is 0 Å². The van der Waals surface area contributed by atoms with Crippen molar-refractivity contribution in [3.05, 3.63) is 24.3 Å². The third kappa shape index (κ3) is 3.14. The second kappa shape index (κ2) is 5.21. The number of ether oxygens (including phenoxy) is 2. The van der Waals surface area contributed by atoms with Crippen molar-refractivity contribution in [3.63, 3.8) is 0 Å². The van der Waals surface area contributed by atoms with E-state index in [1.807, 2.05) is 38.1 Å². The monoisotopic (exact) mass is 221 g/mol. The van der Waals surface area contributed by atoms with Gasteiger partial charge in [-0.15, -0.1) is 0 Å². The number of nitrogens with one attached hydrogen (secondary N) is 1. The van der Waals surface area contributed by atoms with E-state index < -0.39 is 0 Å². The minimum Gasteiger partial charge on any atom is -0.493 e. The minimum absolute atomic E-state index is 0.216. The van der Waals surface area contributed by atoms with E-state index >= 15 is 0 Å². The summed E-state index contributed by atoms with van der Waals surface area (Å²) in [6, 6.07) is 7.83. The Bertz CT molecular complexity index is 317. The maximum atomic E-state index is 5.67. The van der Waals surface area contributed by atoms with Gasteiger partial charge in [0.25, 0.3) is 0 Å². The zero-order valence-corrected chi connectivity index (χ0v) is 9.90. The van der Waals surface area contributed by atoms with Crippen LogP contribution in [-0.2, 0) is 0 Å². The highest BCUT2D eigenvalue weighted by Gasteiger charge is 2.16. The van der Waals surface area contributed by atoms with Crippen molar-refractivity contribution in [2.24, 2.45) is 5.92 Å². The molecule has 1 saturated heterocycles. The summed E-state index contributed by atoms with van der Waals surface area (Å²) in [4.78, 5) is 0. The van der Waals surface area contributed by atoms with E-state index in [1.165, 1.54) is 0 Å². The second-order valence-corrected chi connectivity index (χ2v) is 4.47. The molecule has 0 unspecified atom stereocenters. The highest BCUT2D eigenvalue weighted by atomic mass is 16.5. The summed E-state index contributed by atoms with van der Waals surface area (Å²) in [6.45, 7) is 7.00. The van der Waals surface area contributed by atoms with Crippen LogP contribution < -0.4 is 14.8 Å². The molecular formula is C13H19NO2. The zero-order valence-electron chi connectivity index (χ0n) is 9.90. The van der Waals surface area contributed by atoms with Gasteiger partial charge in [-0.3, -0.25) is 0 Å². The predicted octanol–water partition coefficient (Wildman–Crippen LogP) is 2.07. The highest BCUT2D eigenvalue weighted by molar-refractivity contribution is 5.31. The molecule has 3 heteroatoms. The van der Waals surface area contributed by atoms with E-state index in [2.05, 4.69) is 5.32 Å². The first-order valence-electron chi connectivity index (χ1n) is 5.84. The molecule has 16 heavy (non-hydrogen) atoms. The first-order chi connectivity index (χ1) is 7.74. The van der Waals surface area contributed by atoms with Gasteiger partial charge in [-0.25, -0.2) is 0 Å². The first-order valence-corrected chi connectivity index (χ1v) is 5.84. The normalized spacial score (nSPS) is 15.9. The molecule has 2 rings (SSSR count). The standard InChI is InChI=1S/C13H19NO2/c1-10(2)16-13-5-3-12(4-6-13)15-9-11-7-14-8-11/h3-6,10-11,14H,7-9H2,1-2H3. The van der Waals surface area contributed by atoms with E-state index in [1.54, 1.807) is 0 Å². The summed E-state index contributed by atoms with van der Waals surface area (Å²) in [7, 11) is 0. The summed E-state index contributed by atoms with van der Waals surface area (Å²) in [5.74, 6) is 2.49. The fraction of sp³-hybridized carbons (Fsp3) is 0.538. The van der Waals surface area contributed by atoms with Gasteiger partial charge in [-0.05, 0) is 38.1 Å². The molecule has 1 fully saturated rings. The fourth-order valence-corrected chi connectivity index (χ4v) is 1.57. The van der Waals surface area contributed by atoms with Crippen LogP contribution in [0.3, 0.4) is 0 Å². The minimum atomic E-state index is 0.216. The number of hydrogen-bond acceptors (Lipinski definition) is 3. The van der Waals surface area contributed by atoms with Gasteiger partial charge in [0.15, 0.2) is 0 Å². The van der Waals surface area contributed by atoms with Crippen LogP contribution >= 0.6 is 0 Å². The molecular weight excluding hydrogens is 202 g/mol. The Hall–Kier alpha value is -1.22. The van der Waals surface area contributed by atoms with Crippen LogP contribution in [0.25, 0.3) is 0 Å². The van der Waals surface area contributed by atoms with Gasteiger partial charge in [0.2, 0.25) is 0 Å². The smallest absolute Gasteiger partial charge is 0.119 e. The maximum Gasteiger partial charge on any atom is 0.119 e. The highest BCUT2D eigenvalue weighted by Crippen LogP contribution is 2.19. The van der Waals surface area contributed by atoms with E-state index in [0.29, 0.717) is 5.92 Å². The van der Waals surface area contributed by atoms with E-state index in [9.17, 15) is 0 Å². The molecule has 1 aliphatic rings. The maximum absolute atomic E-state index is 5.67. The van der Waals surface area contributed by atoms with E-state index in [0.717, 1.165) is 31.2 Å². The van der Waals surface area contributed by atoms with Gasteiger partial charge in [-0.2, -0.15) is 0 Å². The van der Waals surface area contributed by atoms with Crippen molar-refractivity contribution in [3.8, 4) is 11.5 Å². The van der Waals surface area contributed by atoms with Crippen molar-refractivity contribution in [1.82, 2.24) is 5.32 Å². The molecule has 0 aliphatic carbocycles. The molecule has 1 aromatic rings. The van der Waals surface area contributed by atoms with Crippen LogP contribution in [0.4, 0.5) is 0 Å². The van der Waals surface area contributed by atoms with Crippen LogP contribution in [0.1, 0.15) is 13.8 Å². The van der Waals surface area contributed by atoms with Gasteiger partial charge in [0.1, 0.15) is 11.5 Å². The molecule has 0 spiro atoms. The van der Waals surface area contributed by atoms with Gasteiger partial charge in [0, 0.05) is 19.0 Å². The van der Waals surface area contributed by atoms with Crippen LogP contribution in [0.2, 0.25) is 0 Å². The lowest BCUT2D eigenvalue weighted by atomic mass is 10.1. The average molecular weight is 221 g/mol. The third-order valence-corrected chi connectivity index (χ3v) is 2.55. The number of benzene rings is 1. The lowest BCUT2D eigenvalue weighted by Gasteiger charge is -2.26. The molecule has 0 aromatic heterocycles. The van der Waals surface area contributed by atoms with Crippen molar-refractivity contribution in [2.75, 3.05) is 19.7 Å². The summed E-state index contributed by atoms with van der Waals surface area (Å²) in [5, 5.41) is 3.23. The second-order valence-electron chi connectivity index (χ2n) is 4.47. The Kier molecular flexibility index (Phi) is 3.67. The Morgan fingerprint density at radius 2 is 1.81 bits per heavy atom. The van der Waals surface area contributed by atoms with Gasteiger partial charge in [0.05, 0.1) is 12.7 Å². The van der Waals surface area contributed by atoms with Crippen molar-refractivity contribution >= 4 is 0 Å². The van der Waals surface area contributed by atoms with E-state index in [-0.39, 0.29) is 6.10 Å². The van der Waals surface area contributed by atoms with Crippen LogP contribution in [0, 0.1) is 5.92 Å². The van der Waals surface area contributed by atoms with E-state index in [4.69, 9.17) is 9.47 Å². The summed E-state index contributed by atoms with van der Waals surface area (Å²) < 4.78 is 11.2. The Balaban J connectivity index is 1.81. The van der Waals surface area contributed by atoms with Crippen molar-refractivity contribution in [1.29, 1.82) is 0 Å². The predicted molar refractivity (Wildman–Crippen MR) is 64.1 cm³/mol. The topological polar surface area (TPSA) is 30.5 Å². The molecule has 3 nitrogen and oxygen atoms in total. The number of rotatable bonds is 5. The molecule has 1 N–H and O–H groups in total. The summed E-state index contributed by atoms with van der Waals surface area (Å²) in [6.07, 6.45) is 0.216. The lowest BCUT2D eigenvalue weighted by Crippen LogP contribution is -2.45.